The first kappa shape index (κ1) is 30.0. The average molecular weight is 623 g/mol. The number of ether oxygens (including phenoxy) is 1. The van der Waals surface area contributed by atoms with E-state index in [2.05, 4.69) is 10.3 Å². The van der Waals surface area contributed by atoms with Gasteiger partial charge in [-0.25, -0.2) is 0 Å². The fraction of sp³-hybridized carbons (Fsp3) is 0.467. The highest BCUT2D eigenvalue weighted by Gasteiger charge is 2.66. The predicted octanol–water partition coefficient (Wildman–Crippen LogP) is 3.87. The maximum atomic E-state index is 16.1. The van der Waals surface area contributed by atoms with Crippen molar-refractivity contribution in [1.29, 1.82) is 0 Å². The Kier molecular flexibility index (Phi) is 7.62. The summed E-state index contributed by atoms with van der Waals surface area (Å²) in [5, 5.41) is 29.2. The zero-order valence-corrected chi connectivity index (χ0v) is 25.9. The van der Waals surface area contributed by atoms with E-state index in [1.807, 2.05) is 31.2 Å². The number of aliphatic hydroxyl groups excluding tert-OH is 1. The van der Waals surface area contributed by atoms with Gasteiger partial charge in [-0.2, -0.15) is 0 Å². The zero-order chi connectivity index (χ0) is 31.4. The number of fused-ring (bicyclic) bond motifs is 2. The molecule has 3 aromatic rings. The van der Waals surface area contributed by atoms with Crippen LogP contribution in [0.25, 0.3) is 0 Å². The quantitative estimate of drug-likeness (QED) is 0.118. The van der Waals surface area contributed by atoms with Gasteiger partial charge in [-0.3, -0.25) is 24.4 Å². The van der Waals surface area contributed by atoms with Crippen molar-refractivity contribution in [2.45, 2.75) is 69.6 Å². The van der Waals surface area contributed by atoms with Crippen LogP contribution in [-0.2, 0) is 39.4 Å². The van der Waals surface area contributed by atoms with Crippen molar-refractivity contribution < 1.29 is 28.5 Å². The van der Waals surface area contributed by atoms with E-state index in [0.29, 0.717) is 49.3 Å². The third kappa shape index (κ3) is 5.00. The molecule has 1 aromatic heterocycles. The predicted molar refractivity (Wildman–Crippen MR) is 161 cm³/mol. The van der Waals surface area contributed by atoms with Gasteiger partial charge in [0.05, 0.1) is 29.0 Å². The van der Waals surface area contributed by atoms with Crippen LogP contribution in [0.1, 0.15) is 36.6 Å². The Labute approximate surface area is 254 Å². The third-order valence-electron chi connectivity index (χ3n) is 9.17. The Hall–Kier alpha value is -4.01. The molecule has 3 aliphatic rings. The van der Waals surface area contributed by atoms with Crippen LogP contribution in [0.3, 0.4) is 0 Å². The standard InChI is InChI=1S/C30H35FN6O6Si/c1-19-28(44(2,3)31)26(9-12-34-18-21(11-14-38)32-33-34)43-30(19)24-16-23(37(41)42)7-8-25(24)36(29(30)40)17-20-5-4-6-22(15-20)35-13-10-27(35)39/h4-8,15-16,18-19,26,28,38H,9-14,17H2,1-3H3/t19-,26+,28-,30+/m0/s1. The Balaban J connectivity index is 1.37. The van der Waals surface area contributed by atoms with Crippen LogP contribution in [0.5, 0.6) is 0 Å². The lowest BCUT2D eigenvalue weighted by atomic mass is 9.82. The summed E-state index contributed by atoms with van der Waals surface area (Å²) in [5.74, 6) is -0.958. The third-order valence-corrected chi connectivity index (χ3v) is 11.6. The van der Waals surface area contributed by atoms with Crippen LogP contribution in [0.15, 0.2) is 48.7 Å². The normalized spacial score (nSPS) is 24.7. The first-order chi connectivity index (χ1) is 20.9. The molecule has 0 bridgehead atoms. The number of carbonyl (C=O) groups excluding carboxylic acids is 2. The van der Waals surface area contributed by atoms with Crippen molar-refractivity contribution in [1.82, 2.24) is 15.0 Å². The molecule has 44 heavy (non-hydrogen) atoms. The topological polar surface area (TPSA) is 144 Å². The highest BCUT2D eigenvalue weighted by Crippen LogP contribution is 2.60. The number of aryl methyl sites for hydroxylation is 1. The Morgan fingerprint density at radius 1 is 1.23 bits per heavy atom. The Morgan fingerprint density at radius 2 is 2.02 bits per heavy atom. The van der Waals surface area contributed by atoms with E-state index in [0.717, 1.165) is 11.3 Å². The number of non-ortho nitro benzene ring substituents is 1. The highest BCUT2D eigenvalue weighted by molar-refractivity contribution is 6.72. The summed E-state index contributed by atoms with van der Waals surface area (Å²) in [6, 6.07) is 11.7. The number of hydrogen-bond donors (Lipinski definition) is 1. The van der Waals surface area contributed by atoms with E-state index < -0.39 is 36.5 Å². The molecule has 0 saturated carbocycles. The summed E-state index contributed by atoms with van der Waals surface area (Å²) in [4.78, 5) is 41.2. The summed E-state index contributed by atoms with van der Waals surface area (Å²) in [6.07, 6.45) is 2.28. The monoisotopic (exact) mass is 622 g/mol. The number of anilines is 2. The number of aliphatic hydroxyl groups is 1. The molecule has 4 atom stereocenters. The Bertz CT molecular complexity index is 1630. The lowest BCUT2D eigenvalue weighted by Gasteiger charge is -2.32. The van der Waals surface area contributed by atoms with Crippen molar-refractivity contribution in [3.8, 4) is 0 Å². The number of β-lactam (4-membered cyclic amide) rings is 1. The van der Waals surface area contributed by atoms with Gasteiger partial charge in [0.25, 0.3) is 11.6 Å². The van der Waals surface area contributed by atoms with Crippen molar-refractivity contribution >= 4 is 37.3 Å². The molecular formula is C30H35FN6O6Si. The van der Waals surface area contributed by atoms with Crippen LogP contribution in [0.2, 0.25) is 18.6 Å². The fourth-order valence-corrected chi connectivity index (χ4v) is 9.65. The van der Waals surface area contributed by atoms with E-state index in [-0.39, 0.29) is 30.7 Å². The largest absolute Gasteiger partial charge is 0.396 e. The van der Waals surface area contributed by atoms with Crippen LogP contribution in [0.4, 0.5) is 21.2 Å². The molecule has 4 heterocycles. The van der Waals surface area contributed by atoms with Gasteiger partial charge in [0.1, 0.15) is 0 Å². The molecule has 1 spiro atoms. The van der Waals surface area contributed by atoms with Gasteiger partial charge in [-0.15, -0.1) is 5.10 Å². The summed E-state index contributed by atoms with van der Waals surface area (Å²) >= 11 is 0. The number of benzene rings is 2. The van der Waals surface area contributed by atoms with E-state index in [9.17, 15) is 24.8 Å². The average Bonchev–Trinajstić information content (AvgIpc) is 3.61. The minimum atomic E-state index is -3.44. The SMILES string of the molecule is C[C@H]1[C@H]([Si](C)(C)F)[C@@H](CCn2cc(CCO)nn2)O[C@]12C(=O)N(Cc1cccc(N3CCC3=O)c1)c1ccc([N+](=O)[O-])cc12. The van der Waals surface area contributed by atoms with Crippen molar-refractivity contribution in [2.75, 3.05) is 23.0 Å². The van der Waals surface area contributed by atoms with Gasteiger partial charge in [-0.1, -0.05) is 24.3 Å². The Morgan fingerprint density at radius 3 is 2.68 bits per heavy atom. The van der Waals surface area contributed by atoms with Gasteiger partial charge in [0, 0.05) is 73.6 Å². The number of nitro groups is 1. The minimum absolute atomic E-state index is 0.0368. The second kappa shape index (κ2) is 11.2. The first-order valence-corrected chi connectivity index (χ1v) is 17.8. The smallest absolute Gasteiger partial charge is 0.269 e. The molecule has 2 amide bonds. The van der Waals surface area contributed by atoms with Crippen LogP contribution in [-0.4, -0.2) is 64.5 Å². The van der Waals surface area contributed by atoms with Gasteiger partial charge < -0.3 is 23.8 Å². The highest BCUT2D eigenvalue weighted by atomic mass is 28.4. The zero-order valence-electron chi connectivity index (χ0n) is 24.9. The molecule has 12 nitrogen and oxygen atoms in total. The minimum Gasteiger partial charge on any atom is -0.396 e. The lowest BCUT2D eigenvalue weighted by molar-refractivity contribution is -0.385. The van der Waals surface area contributed by atoms with Crippen LogP contribution in [0, 0.1) is 16.0 Å². The van der Waals surface area contributed by atoms with Crippen molar-refractivity contribution in [3.63, 3.8) is 0 Å². The number of carbonyl (C=O) groups is 2. The number of halogens is 1. The second-order valence-corrected chi connectivity index (χ2v) is 16.1. The van der Waals surface area contributed by atoms with Gasteiger partial charge in [0.2, 0.25) is 14.3 Å². The van der Waals surface area contributed by atoms with Gasteiger partial charge >= 0.3 is 0 Å². The van der Waals surface area contributed by atoms with Crippen molar-refractivity contribution in [2.24, 2.45) is 5.92 Å². The van der Waals surface area contributed by atoms with E-state index in [4.69, 9.17) is 4.74 Å². The molecular weight excluding hydrogens is 587 g/mol. The molecule has 2 fully saturated rings. The van der Waals surface area contributed by atoms with Crippen molar-refractivity contribution in [3.05, 3.63) is 75.6 Å². The molecule has 0 radical (unpaired) electrons. The molecule has 2 saturated heterocycles. The summed E-state index contributed by atoms with van der Waals surface area (Å²) in [5.41, 5.74) is 0.642. The molecule has 0 aliphatic carbocycles. The van der Waals surface area contributed by atoms with Crippen LogP contribution >= 0.6 is 0 Å². The first-order valence-electron chi connectivity index (χ1n) is 14.8. The van der Waals surface area contributed by atoms with E-state index in [1.54, 1.807) is 39.8 Å². The number of nitrogens with zero attached hydrogens (tertiary/aromatic N) is 6. The van der Waals surface area contributed by atoms with Gasteiger partial charge in [-0.05, 0) is 43.3 Å². The molecule has 0 unspecified atom stereocenters. The number of hydrogen-bond acceptors (Lipinski definition) is 8. The molecule has 14 heteroatoms. The number of aromatic nitrogens is 3. The number of nitro benzene ring substituents is 1. The fourth-order valence-electron chi connectivity index (χ4n) is 7.11. The molecule has 232 valence electrons. The summed E-state index contributed by atoms with van der Waals surface area (Å²) in [7, 11) is -3.44. The van der Waals surface area contributed by atoms with Crippen LogP contribution < -0.4 is 9.80 Å². The maximum absolute atomic E-state index is 16.1. The lowest BCUT2D eigenvalue weighted by Crippen LogP contribution is -2.45. The summed E-state index contributed by atoms with van der Waals surface area (Å²) < 4.78 is 24.5. The number of amides is 2. The molecule has 2 aromatic carbocycles. The molecule has 6 rings (SSSR count). The number of rotatable bonds is 10. The maximum Gasteiger partial charge on any atom is 0.269 e. The van der Waals surface area contributed by atoms with E-state index in [1.165, 1.54) is 12.1 Å². The van der Waals surface area contributed by atoms with Gasteiger partial charge in [0.15, 0.2) is 5.60 Å². The summed E-state index contributed by atoms with van der Waals surface area (Å²) in [6.45, 7) is 6.10. The second-order valence-electron chi connectivity index (χ2n) is 12.3. The van der Waals surface area contributed by atoms with E-state index >= 15 is 4.11 Å². The molecule has 3 aliphatic heterocycles. The molecule has 1 N–H and O–H groups in total.